The van der Waals surface area contributed by atoms with E-state index in [1.165, 1.54) is 4.31 Å². The maximum Gasteiger partial charge on any atom is 0.235 e. The lowest BCUT2D eigenvalue weighted by atomic mass is 10.3. The number of rotatable bonds is 1. The van der Waals surface area contributed by atoms with Gasteiger partial charge in [-0.2, -0.15) is 0 Å². The third-order valence-electron chi connectivity index (χ3n) is 2.33. The molecule has 1 aromatic rings. The Balaban J connectivity index is 2.37. The van der Waals surface area contributed by atoms with Crippen LogP contribution in [0.2, 0.25) is 0 Å². The molecule has 1 fully saturated rings. The lowest BCUT2D eigenvalue weighted by Crippen LogP contribution is -2.37. The first kappa shape index (κ1) is 10.9. The number of hydrogen-bond donors (Lipinski definition) is 0. The molecule has 2 rings (SSSR count). The van der Waals surface area contributed by atoms with Crippen LogP contribution in [0.5, 0.6) is 0 Å². The van der Waals surface area contributed by atoms with Crippen LogP contribution in [0.1, 0.15) is 12.8 Å². The summed E-state index contributed by atoms with van der Waals surface area (Å²) in [4.78, 5) is 3.97. The molecule has 0 amide bonds. The molecule has 0 bridgehead atoms. The molecule has 0 spiro atoms. The van der Waals surface area contributed by atoms with E-state index in [4.69, 9.17) is 0 Å². The normalized spacial score (nSPS) is 20.2. The molecule has 6 heteroatoms. The van der Waals surface area contributed by atoms with Gasteiger partial charge in [0.05, 0.1) is 17.6 Å². The second kappa shape index (κ2) is 4.09. The van der Waals surface area contributed by atoms with E-state index in [0.717, 1.165) is 17.3 Å². The predicted octanol–water partition coefficient (Wildman–Crippen LogP) is 1.77. The molecule has 0 atom stereocenters. The number of halogens is 1. The van der Waals surface area contributed by atoms with Crippen molar-refractivity contribution < 1.29 is 8.42 Å². The number of pyridine rings is 1. The van der Waals surface area contributed by atoms with E-state index in [-0.39, 0.29) is 5.75 Å². The number of aromatic nitrogens is 1. The van der Waals surface area contributed by atoms with Crippen molar-refractivity contribution in [1.29, 1.82) is 0 Å². The van der Waals surface area contributed by atoms with Crippen LogP contribution in [-0.2, 0) is 10.0 Å². The molecule has 0 aliphatic carbocycles. The minimum absolute atomic E-state index is 0.236. The van der Waals surface area contributed by atoms with E-state index in [1.54, 1.807) is 18.5 Å². The van der Waals surface area contributed by atoms with Gasteiger partial charge < -0.3 is 0 Å². The highest BCUT2D eigenvalue weighted by atomic mass is 79.9. The average molecular weight is 291 g/mol. The van der Waals surface area contributed by atoms with Crippen LogP contribution in [0.3, 0.4) is 0 Å². The number of sulfonamides is 1. The summed E-state index contributed by atoms with van der Waals surface area (Å²) in [6, 6.07) is 1.77. The van der Waals surface area contributed by atoms with Crippen LogP contribution in [0.4, 0.5) is 5.69 Å². The quantitative estimate of drug-likeness (QED) is 0.792. The van der Waals surface area contributed by atoms with Crippen molar-refractivity contribution in [3.8, 4) is 0 Å². The molecule has 0 radical (unpaired) electrons. The second-order valence-corrected chi connectivity index (χ2v) is 6.39. The number of hydrogen-bond acceptors (Lipinski definition) is 3. The highest BCUT2D eigenvalue weighted by Crippen LogP contribution is 2.24. The van der Waals surface area contributed by atoms with Gasteiger partial charge in [-0.15, -0.1) is 0 Å². The molecule has 2 heterocycles. The molecule has 15 heavy (non-hydrogen) atoms. The number of nitrogens with zero attached hydrogens (tertiary/aromatic N) is 2. The summed E-state index contributed by atoms with van der Waals surface area (Å²) < 4.78 is 25.8. The van der Waals surface area contributed by atoms with Gasteiger partial charge in [0.15, 0.2) is 0 Å². The van der Waals surface area contributed by atoms with Crippen molar-refractivity contribution in [3.05, 3.63) is 22.9 Å². The first-order valence-electron chi connectivity index (χ1n) is 4.70. The molecular formula is C9H11BrN2O2S. The fraction of sp³-hybridized carbons (Fsp3) is 0.444. The summed E-state index contributed by atoms with van der Waals surface area (Å²) in [6.07, 6.45) is 4.87. The largest absolute Gasteiger partial charge is 0.269 e. The third kappa shape index (κ3) is 2.31. The lowest BCUT2D eigenvalue weighted by Gasteiger charge is -2.27. The van der Waals surface area contributed by atoms with Gasteiger partial charge in [-0.05, 0) is 34.8 Å². The standard InChI is InChI=1S/C9H11BrN2O2S/c10-8-5-9(7-11-6-8)12-3-1-2-4-15(12,13)14/h5-7H,1-4H2. The van der Waals surface area contributed by atoms with Crippen molar-refractivity contribution >= 4 is 31.6 Å². The maximum atomic E-state index is 11.8. The summed E-state index contributed by atoms with van der Waals surface area (Å²) in [6.45, 7) is 0.556. The lowest BCUT2D eigenvalue weighted by molar-refractivity contribution is 0.574. The van der Waals surface area contributed by atoms with Crippen LogP contribution in [-0.4, -0.2) is 25.7 Å². The van der Waals surface area contributed by atoms with Gasteiger partial charge in [-0.3, -0.25) is 9.29 Å². The SMILES string of the molecule is O=S1(=O)CCCCN1c1cncc(Br)c1. The van der Waals surface area contributed by atoms with Crippen LogP contribution >= 0.6 is 15.9 Å². The zero-order chi connectivity index (χ0) is 10.9. The Kier molecular flexibility index (Phi) is 2.97. The first-order chi connectivity index (χ1) is 7.09. The molecule has 1 saturated heterocycles. The van der Waals surface area contributed by atoms with Gasteiger partial charge in [-0.25, -0.2) is 8.42 Å². The zero-order valence-electron chi connectivity index (χ0n) is 8.06. The minimum Gasteiger partial charge on any atom is -0.269 e. The minimum atomic E-state index is -3.12. The topological polar surface area (TPSA) is 50.3 Å². The van der Waals surface area contributed by atoms with E-state index in [1.807, 2.05) is 0 Å². The maximum absolute atomic E-state index is 11.8. The Morgan fingerprint density at radius 2 is 2.13 bits per heavy atom. The third-order valence-corrected chi connectivity index (χ3v) is 4.63. The molecule has 82 valence electrons. The Morgan fingerprint density at radius 1 is 1.33 bits per heavy atom. The second-order valence-electron chi connectivity index (χ2n) is 3.46. The van der Waals surface area contributed by atoms with Crippen LogP contribution < -0.4 is 4.31 Å². The van der Waals surface area contributed by atoms with Crippen LogP contribution in [0, 0.1) is 0 Å². The van der Waals surface area contributed by atoms with Crippen molar-refractivity contribution in [1.82, 2.24) is 4.98 Å². The molecule has 4 nitrogen and oxygen atoms in total. The predicted molar refractivity (Wildman–Crippen MR) is 62.3 cm³/mol. The molecule has 0 unspecified atom stereocenters. The monoisotopic (exact) mass is 290 g/mol. The highest BCUT2D eigenvalue weighted by Gasteiger charge is 2.26. The van der Waals surface area contributed by atoms with E-state index in [2.05, 4.69) is 20.9 Å². The van der Waals surface area contributed by atoms with Crippen molar-refractivity contribution in [3.63, 3.8) is 0 Å². The van der Waals surface area contributed by atoms with Crippen LogP contribution in [0.15, 0.2) is 22.9 Å². The fourth-order valence-corrected chi connectivity index (χ4v) is 3.59. The van der Waals surface area contributed by atoms with Gasteiger partial charge in [0.2, 0.25) is 10.0 Å². The van der Waals surface area contributed by atoms with E-state index in [9.17, 15) is 8.42 Å². The van der Waals surface area contributed by atoms with Crippen molar-refractivity contribution in [2.45, 2.75) is 12.8 Å². The number of anilines is 1. The van der Waals surface area contributed by atoms with Crippen molar-refractivity contribution in [2.75, 3.05) is 16.6 Å². The van der Waals surface area contributed by atoms with Crippen molar-refractivity contribution in [2.24, 2.45) is 0 Å². The van der Waals surface area contributed by atoms with Gasteiger partial charge in [-0.1, -0.05) is 0 Å². The van der Waals surface area contributed by atoms with Gasteiger partial charge in [0, 0.05) is 17.2 Å². The summed E-state index contributed by atoms with van der Waals surface area (Å²) >= 11 is 3.28. The molecule has 1 aromatic heterocycles. The smallest absolute Gasteiger partial charge is 0.235 e. The zero-order valence-corrected chi connectivity index (χ0v) is 10.5. The van der Waals surface area contributed by atoms with Gasteiger partial charge in [0.25, 0.3) is 0 Å². The summed E-state index contributed by atoms with van der Waals surface area (Å²) in [5.74, 6) is 0.236. The van der Waals surface area contributed by atoms with E-state index in [0.29, 0.717) is 12.2 Å². The Bertz CT molecular complexity index is 461. The Labute approximate surface area is 97.5 Å². The van der Waals surface area contributed by atoms with Gasteiger partial charge in [0.1, 0.15) is 0 Å². The van der Waals surface area contributed by atoms with Gasteiger partial charge >= 0.3 is 0 Å². The molecule has 1 aliphatic heterocycles. The molecule has 0 N–H and O–H groups in total. The Morgan fingerprint density at radius 3 is 2.80 bits per heavy atom. The summed E-state index contributed by atoms with van der Waals surface area (Å²) in [7, 11) is -3.12. The van der Waals surface area contributed by atoms with E-state index < -0.39 is 10.0 Å². The summed E-state index contributed by atoms with van der Waals surface area (Å²) in [5.41, 5.74) is 0.643. The fourth-order valence-electron chi connectivity index (χ4n) is 1.62. The molecular weight excluding hydrogens is 280 g/mol. The Hall–Kier alpha value is -0.620. The molecule has 0 aromatic carbocycles. The first-order valence-corrected chi connectivity index (χ1v) is 7.11. The highest BCUT2D eigenvalue weighted by molar-refractivity contribution is 9.10. The average Bonchev–Trinajstić information content (AvgIpc) is 2.17. The molecule has 0 saturated carbocycles. The van der Waals surface area contributed by atoms with E-state index >= 15 is 0 Å². The molecule has 1 aliphatic rings. The van der Waals surface area contributed by atoms with Crippen LogP contribution in [0.25, 0.3) is 0 Å². The summed E-state index contributed by atoms with van der Waals surface area (Å²) in [5, 5.41) is 0.